The van der Waals surface area contributed by atoms with E-state index in [0.717, 1.165) is 30.2 Å². The van der Waals surface area contributed by atoms with E-state index in [1.165, 1.54) is 19.4 Å². The molecule has 1 N–H and O–H groups in total. The predicted octanol–water partition coefficient (Wildman–Crippen LogP) is 1.89. The molecule has 0 spiro atoms. The topological polar surface area (TPSA) is 33.7 Å². The monoisotopic (exact) mass is 264 g/mol. The maximum absolute atomic E-state index is 5.44. The molecule has 4 nitrogen and oxygen atoms in total. The van der Waals surface area contributed by atoms with Crippen LogP contribution in [0.5, 0.6) is 11.5 Å². The van der Waals surface area contributed by atoms with E-state index in [-0.39, 0.29) is 0 Å². The average Bonchev–Trinajstić information content (AvgIpc) is 2.84. The van der Waals surface area contributed by atoms with Crippen LogP contribution in [0.1, 0.15) is 18.4 Å². The highest BCUT2D eigenvalue weighted by Crippen LogP contribution is 2.30. The van der Waals surface area contributed by atoms with Crippen LogP contribution in [0.3, 0.4) is 0 Å². The Kier molecular flexibility index (Phi) is 5.05. The molecular weight excluding hydrogens is 240 g/mol. The average molecular weight is 264 g/mol. The molecule has 1 atom stereocenters. The number of nitrogens with one attached hydrogen (secondary N) is 1. The molecule has 0 aromatic heterocycles. The molecule has 0 saturated carbocycles. The zero-order valence-electron chi connectivity index (χ0n) is 12.1. The number of methoxy groups -OCH3 is 2. The molecule has 19 heavy (non-hydrogen) atoms. The van der Waals surface area contributed by atoms with Crippen LogP contribution in [0.4, 0.5) is 0 Å². The van der Waals surface area contributed by atoms with Crippen molar-refractivity contribution in [1.29, 1.82) is 0 Å². The molecule has 1 aromatic carbocycles. The molecule has 0 aliphatic carbocycles. The normalized spacial score (nSPS) is 19.6. The van der Waals surface area contributed by atoms with Gasteiger partial charge in [-0.2, -0.15) is 0 Å². The highest BCUT2D eigenvalue weighted by Gasteiger charge is 2.20. The lowest BCUT2D eigenvalue weighted by molar-refractivity contribution is 0.299. The van der Waals surface area contributed by atoms with Gasteiger partial charge in [-0.15, -0.1) is 0 Å². The Morgan fingerprint density at radius 3 is 2.79 bits per heavy atom. The van der Waals surface area contributed by atoms with Crippen LogP contribution in [-0.2, 0) is 6.54 Å². The zero-order chi connectivity index (χ0) is 13.7. The minimum absolute atomic E-state index is 0.664. The van der Waals surface area contributed by atoms with Gasteiger partial charge in [0, 0.05) is 24.7 Å². The molecular formula is C15H24N2O2. The molecule has 1 aliphatic rings. The molecule has 106 valence electrons. The third kappa shape index (κ3) is 3.39. The van der Waals surface area contributed by atoms with Crippen LogP contribution in [0.25, 0.3) is 0 Å². The number of nitrogens with zero attached hydrogens (tertiary/aromatic N) is 1. The smallest absolute Gasteiger partial charge is 0.165 e. The van der Waals surface area contributed by atoms with E-state index in [1.807, 2.05) is 12.1 Å². The first-order valence-electron chi connectivity index (χ1n) is 6.87. The molecule has 1 fully saturated rings. The van der Waals surface area contributed by atoms with Gasteiger partial charge in [-0.25, -0.2) is 0 Å². The highest BCUT2D eigenvalue weighted by atomic mass is 16.5. The Labute approximate surface area is 115 Å². The number of hydrogen-bond donors (Lipinski definition) is 1. The fourth-order valence-corrected chi connectivity index (χ4v) is 2.70. The summed E-state index contributed by atoms with van der Waals surface area (Å²) in [5.74, 6) is 1.62. The van der Waals surface area contributed by atoms with Crippen molar-refractivity contribution in [2.45, 2.75) is 25.4 Å². The summed E-state index contributed by atoms with van der Waals surface area (Å²) >= 11 is 0. The number of likely N-dealkylation sites (tertiary alicyclic amines) is 1. The van der Waals surface area contributed by atoms with Crippen LogP contribution < -0.4 is 14.8 Å². The third-order valence-electron chi connectivity index (χ3n) is 3.85. The Bertz CT molecular complexity index is 409. The SMILES string of the molecule is COc1cccc(CNCC2CCCN2C)c1OC. The molecule has 1 unspecified atom stereocenters. The van der Waals surface area contributed by atoms with Crippen molar-refractivity contribution < 1.29 is 9.47 Å². The number of hydrogen-bond acceptors (Lipinski definition) is 4. The van der Waals surface area contributed by atoms with Gasteiger partial charge in [-0.3, -0.25) is 0 Å². The van der Waals surface area contributed by atoms with Crippen LogP contribution in [0.2, 0.25) is 0 Å². The molecule has 4 heteroatoms. The summed E-state index contributed by atoms with van der Waals surface area (Å²) in [7, 11) is 5.56. The maximum atomic E-state index is 5.44. The fourth-order valence-electron chi connectivity index (χ4n) is 2.70. The van der Waals surface area contributed by atoms with Gasteiger partial charge in [-0.1, -0.05) is 12.1 Å². The lowest BCUT2D eigenvalue weighted by Gasteiger charge is -2.20. The molecule has 1 heterocycles. The van der Waals surface area contributed by atoms with Gasteiger partial charge in [-0.05, 0) is 32.5 Å². The predicted molar refractivity (Wildman–Crippen MR) is 76.9 cm³/mol. The van der Waals surface area contributed by atoms with Crippen molar-refractivity contribution in [3.8, 4) is 11.5 Å². The first-order valence-corrected chi connectivity index (χ1v) is 6.87. The fraction of sp³-hybridized carbons (Fsp3) is 0.600. The summed E-state index contributed by atoms with van der Waals surface area (Å²) in [6, 6.07) is 6.66. The molecule has 0 bridgehead atoms. The zero-order valence-corrected chi connectivity index (χ0v) is 12.1. The minimum Gasteiger partial charge on any atom is -0.493 e. The van der Waals surface area contributed by atoms with E-state index < -0.39 is 0 Å². The van der Waals surface area contributed by atoms with Gasteiger partial charge in [0.2, 0.25) is 0 Å². The van der Waals surface area contributed by atoms with E-state index in [2.05, 4.69) is 23.3 Å². The highest BCUT2D eigenvalue weighted by molar-refractivity contribution is 5.46. The Morgan fingerprint density at radius 2 is 2.16 bits per heavy atom. The van der Waals surface area contributed by atoms with Crippen molar-refractivity contribution in [2.75, 3.05) is 34.4 Å². The molecule has 1 aromatic rings. The van der Waals surface area contributed by atoms with Gasteiger partial charge in [0.05, 0.1) is 14.2 Å². The summed E-state index contributed by atoms with van der Waals surface area (Å²) in [5, 5.41) is 3.52. The van der Waals surface area contributed by atoms with E-state index in [4.69, 9.17) is 9.47 Å². The minimum atomic E-state index is 0.664. The first-order chi connectivity index (χ1) is 9.26. The molecule has 1 aliphatic heterocycles. The van der Waals surface area contributed by atoms with Gasteiger partial charge in [0.1, 0.15) is 0 Å². The van der Waals surface area contributed by atoms with Gasteiger partial charge in [0.15, 0.2) is 11.5 Å². The lowest BCUT2D eigenvalue weighted by Crippen LogP contribution is -2.35. The van der Waals surface area contributed by atoms with Crippen LogP contribution in [0, 0.1) is 0 Å². The summed E-state index contributed by atoms with van der Waals surface area (Å²) in [5.41, 5.74) is 1.14. The number of likely N-dealkylation sites (N-methyl/N-ethyl adjacent to an activating group) is 1. The van der Waals surface area contributed by atoms with Gasteiger partial charge in [0.25, 0.3) is 0 Å². The molecule has 0 amide bonds. The molecule has 2 rings (SSSR count). The summed E-state index contributed by atoms with van der Waals surface area (Å²) in [6.45, 7) is 3.05. The quantitative estimate of drug-likeness (QED) is 0.850. The maximum Gasteiger partial charge on any atom is 0.165 e. The third-order valence-corrected chi connectivity index (χ3v) is 3.85. The second kappa shape index (κ2) is 6.78. The standard InChI is InChI=1S/C15H24N2O2/c1-17-9-5-7-13(17)11-16-10-12-6-4-8-14(18-2)15(12)19-3/h4,6,8,13,16H,5,7,9-11H2,1-3H3. The number of para-hydroxylation sites is 1. The van der Waals surface area contributed by atoms with Crippen LogP contribution >= 0.6 is 0 Å². The van der Waals surface area contributed by atoms with E-state index in [0.29, 0.717) is 6.04 Å². The Balaban J connectivity index is 1.92. The van der Waals surface area contributed by atoms with Crippen LogP contribution in [-0.4, -0.2) is 45.3 Å². The largest absolute Gasteiger partial charge is 0.493 e. The second-order valence-electron chi connectivity index (χ2n) is 5.06. The van der Waals surface area contributed by atoms with Crippen LogP contribution in [0.15, 0.2) is 18.2 Å². The number of rotatable bonds is 6. The van der Waals surface area contributed by atoms with E-state index in [9.17, 15) is 0 Å². The molecule has 0 radical (unpaired) electrons. The number of ether oxygens (including phenoxy) is 2. The van der Waals surface area contributed by atoms with E-state index >= 15 is 0 Å². The van der Waals surface area contributed by atoms with E-state index in [1.54, 1.807) is 14.2 Å². The second-order valence-corrected chi connectivity index (χ2v) is 5.06. The van der Waals surface area contributed by atoms with Crippen molar-refractivity contribution in [2.24, 2.45) is 0 Å². The summed E-state index contributed by atoms with van der Waals surface area (Å²) < 4.78 is 10.7. The summed E-state index contributed by atoms with van der Waals surface area (Å²) in [4.78, 5) is 2.43. The van der Waals surface area contributed by atoms with Crippen molar-refractivity contribution in [1.82, 2.24) is 10.2 Å². The molecule has 1 saturated heterocycles. The number of benzene rings is 1. The Hall–Kier alpha value is -1.26. The lowest BCUT2D eigenvalue weighted by atomic mass is 10.1. The first kappa shape index (κ1) is 14.2. The van der Waals surface area contributed by atoms with Gasteiger partial charge >= 0.3 is 0 Å². The van der Waals surface area contributed by atoms with Crippen molar-refractivity contribution >= 4 is 0 Å². The van der Waals surface area contributed by atoms with Crippen molar-refractivity contribution in [3.63, 3.8) is 0 Å². The van der Waals surface area contributed by atoms with Crippen molar-refractivity contribution in [3.05, 3.63) is 23.8 Å². The van der Waals surface area contributed by atoms with Gasteiger partial charge < -0.3 is 19.7 Å². The summed E-state index contributed by atoms with van der Waals surface area (Å²) in [6.07, 6.45) is 2.60. The Morgan fingerprint density at radius 1 is 1.32 bits per heavy atom.